The van der Waals surface area contributed by atoms with Gasteiger partial charge in [0, 0.05) is 42.3 Å². The van der Waals surface area contributed by atoms with Crippen LogP contribution in [-0.4, -0.2) is 27.8 Å². The zero-order chi connectivity index (χ0) is 21.5. The van der Waals surface area contributed by atoms with E-state index in [0.29, 0.717) is 27.6 Å². The highest BCUT2D eigenvalue weighted by atomic mass is 35.5. The molecule has 2 aromatic heterocycles. The van der Waals surface area contributed by atoms with Crippen molar-refractivity contribution in [3.63, 3.8) is 0 Å². The molecule has 0 aliphatic carbocycles. The fourth-order valence-electron chi connectivity index (χ4n) is 4.07. The van der Waals surface area contributed by atoms with Gasteiger partial charge in [-0.3, -0.25) is 4.79 Å². The van der Waals surface area contributed by atoms with Crippen LogP contribution >= 0.6 is 11.6 Å². The summed E-state index contributed by atoms with van der Waals surface area (Å²) in [5, 5.41) is 4.86. The van der Waals surface area contributed by atoms with Crippen molar-refractivity contribution in [3.05, 3.63) is 63.7 Å². The van der Waals surface area contributed by atoms with Crippen molar-refractivity contribution in [1.29, 1.82) is 0 Å². The largest absolute Gasteiger partial charge is 0.369 e. The zero-order valence-corrected chi connectivity index (χ0v) is 17.7. The van der Waals surface area contributed by atoms with Crippen LogP contribution in [0.5, 0.6) is 0 Å². The summed E-state index contributed by atoms with van der Waals surface area (Å²) in [7, 11) is 1.82. The fourth-order valence-corrected chi connectivity index (χ4v) is 4.20. The van der Waals surface area contributed by atoms with E-state index in [9.17, 15) is 9.18 Å². The molecule has 31 heavy (non-hydrogen) atoms. The van der Waals surface area contributed by atoms with E-state index in [1.165, 1.54) is 6.07 Å². The van der Waals surface area contributed by atoms with E-state index in [4.69, 9.17) is 16.1 Å². The first-order valence-electron chi connectivity index (χ1n) is 10.2. The highest BCUT2D eigenvalue weighted by Gasteiger charge is 2.20. The lowest BCUT2D eigenvalue weighted by atomic mass is 10.1. The highest BCUT2D eigenvalue weighted by Crippen LogP contribution is 2.29. The van der Waals surface area contributed by atoms with Crippen LogP contribution in [0.4, 0.5) is 10.1 Å². The number of hydrogen-bond donors (Lipinski definition) is 0. The molecule has 1 aliphatic heterocycles. The first kappa shape index (κ1) is 19.8. The van der Waals surface area contributed by atoms with Crippen LogP contribution in [0.15, 0.2) is 51.9 Å². The van der Waals surface area contributed by atoms with Gasteiger partial charge >= 0.3 is 0 Å². The summed E-state index contributed by atoms with van der Waals surface area (Å²) in [5.74, 6) is 0.0458. The summed E-state index contributed by atoms with van der Waals surface area (Å²) >= 11 is 5.93. The number of aryl methyl sites for hydroxylation is 1. The average Bonchev–Trinajstić information content (AvgIpc) is 3.27. The molecule has 0 atom stereocenters. The Kier molecular flexibility index (Phi) is 4.98. The quantitative estimate of drug-likeness (QED) is 0.448. The third kappa shape index (κ3) is 3.59. The van der Waals surface area contributed by atoms with Gasteiger partial charge in [-0.2, -0.15) is 4.98 Å². The van der Waals surface area contributed by atoms with Gasteiger partial charge in [-0.1, -0.05) is 16.8 Å². The minimum atomic E-state index is -0.393. The Bertz CT molecular complexity index is 1320. The summed E-state index contributed by atoms with van der Waals surface area (Å²) < 4.78 is 22.1. The number of fused-ring (bicyclic) bond motifs is 1. The van der Waals surface area contributed by atoms with Crippen molar-refractivity contribution in [3.8, 4) is 22.8 Å². The first-order chi connectivity index (χ1) is 15.0. The molecule has 5 rings (SSSR count). The van der Waals surface area contributed by atoms with E-state index < -0.39 is 5.82 Å². The molecule has 1 aliphatic rings. The topological polar surface area (TPSA) is 64.2 Å². The normalized spacial score (nSPS) is 14.4. The molecule has 0 bridgehead atoms. The average molecular weight is 439 g/mol. The second-order valence-corrected chi connectivity index (χ2v) is 8.22. The summed E-state index contributed by atoms with van der Waals surface area (Å²) in [5.41, 5.74) is 1.80. The lowest BCUT2D eigenvalue weighted by Gasteiger charge is -2.29. The molecule has 1 saturated heterocycles. The number of pyridine rings is 1. The van der Waals surface area contributed by atoms with Crippen LogP contribution in [0.2, 0.25) is 5.02 Å². The Morgan fingerprint density at radius 1 is 1.10 bits per heavy atom. The number of aromatic nitrogens is 3. The molecular weight excluding hydrogens is 419 g/mol. The molecule has 0 N–H and O–H groups in total. The van der Waals surface area contributed by atoms with Gasteiger partial charge in [0.25, 0.3) is 5.89 Å². The Labute approximate surface area is 182 Å². The number of benzene rings is 2. The maximum atomic E-state index is 15.0. The molecule has 0 radical (unpaired) electrons. The van der Waals surface area contributed by atoms with Crippen molar-refractivity contribution in [1.82, 2.24) is 14.7 Å². The van der Waals surface area contributed by atoms with Crippen LogP contribution in [0.3, 0.4) is 0 Å². The van der Waals surface area contributed by atoms with Crippen LogP contribution < -0.4 is 10.3 Å². The van der Waals surface area contributed by atoms with Gasteiger partial charge < -0.3 is 14.0 Å². The Balaban J connectivity index is 1.58. The van der Waals surface area contributed by atoms with E-state index in [1.54, 1.807) is 41.1 Å². The molecular formula is C23H20ClFN4O2. The summed E-state index contributed by atoms with van der Waals surface area (Å²) in [6, 6.07) is 10.1. The summed E-state index contributed by atoms with van der Waals surface area (Å²) in [6.07, 6.45) is 4.91. The van der Waals surface area contributed by atoms with Gasteiger partial charge in [0.2, 0.25) is 11.3 Å². The van der Waals surface area contributed by atoms with Crippen LogP contribution in [0, 0.1) is 5.82 Å². The SMILES string of the molecule is Cn1cc(-c2nc(-c3ccc(Cl)cc3)no2)c(=O)c2cc(F)c(N3CCCCC3)cc21. The molecule has 0 amide bonds. The Hall–Kier alpha value is -3.19. The standard InChI is InChI=1S/C23H20ClFN4O2/c1-28-13-17(23-26-22(27-31-23)14-5-7-15(24)8-6-14)21(30)16-11-18(25)20(12-19(16)28)29-9-3-2-4-10-29/h5-8,11-13H,2-4,9-10H2,1H3. The molecule has 8 heteroatoms. The predicted octanol–water partition coefficient (Wildman–Crippen LogP) is 5.04. The van der Waals surface area contributed by atoms with Crippen molar-refractivity contribution in [2.75, 3.05) is 18.0 Å². The second kappa shape index (κ2) is 7.81. The molecule has 0 unspecified atom stereocenters. The minimum Gasteiger partial charge on any atom is -0.369 e. The molecule has 0 saturated carbocycles. The first-order valence-corrected chi connectivity index (χ1v) is 10.6. The van der Waals surface area contributed by atoms with Crippen molar-refractivity contribution in [2.45, 2.75) is 19.3 Å². The van der Waals surface area contributed by atoms with Crippen molar-refractivity contribution in [2.24, 2.45) is 7.05 Å². The third-order valence-electron chi connectivity index (χ3n) is 5.71. The number of nitrogens with zero attached hydrogens (tertiary/aromatic N) is 4. The van der Waals surface area contributed by atoms with E-state index >= 15 is 0 Å². The summed E-state index contributed by atoms with van der Waals surface area (Å²) in [4.78, 5) is 19.6. The number of rotatable bonds is 3. The van der Waals surface area contributed by atoms with E-state index in [-0.39, 0.29) is 22.3 Å². The smallest absolute Gasteiger partial charge is 0.263 e. The van der Waals surface area contributed by atoms with Crippen molar-refractivity contribution < 1.29 is 8.91 Å². The lowest BCUT2D eigenvalue weighted by molar-refractivity contribution is 0.432. The van der Waals surface area contributed by atoms with Crippen LogP contribution in [0.25, 0.3) is 33.7 Å². The van der Waals surface area contributed by atoms with E-state index in [2.05, 4.69) is 10.1 Å². The number of hydrogen-bond acceptors (Lipinski definition) is 5. The molecule has 6 nitrogen and oxygen atoms in total. The van der Waals surface area contributed by atoms with Crippen LogP contribution in [0.1, 0.15) is 19.3 Å². The van der Waals surface area contributed by atoms with Crippen molar-refractivity contribution >= 4 is 28.2 Å². The molecule has 2 aromatic carbocycles. The van der Waals surface area contributed by atoms with Gasteiger partial charge in [0.1, 0.15) is 11.4 Å². The Morgan fingerprint density at radius 2 is 1.84 bits per heavy atom. The van der Waals surface area contributed by atoms with Gasteiger partial charge in [-0.15, -0.1) is 0 Å². The fraction of sp³-hybridized carbons (Fsp3) is 0.261. The maximum absolute atomic E-state index is 15.0. The number of halogens is 2. The third-order valence-corrected chi connectivity index (χ3v) is 5.96. The number of piperidine rings is 1. The molecule has 158 valence electrons. The van der Waals surface area contributed by atoms with Crippen LogP contribution in [-0.2, 0) is 7.05 Å². The maximum Gasteiger partial charge on any atom is 0.263 e. The number of anilines is 1. The predicted molar refractivity (Wildman–Crippen MR) is 119 cm³/mol. The highest BCUT2D eigenvalue weighted by molar-refractivity contribution is 6.30. The molecule has 1 fully saturated rings. The molecule has 3 heterocycles. The Morgan fingerprint density at radius 3 is 2.58 bits per heavy atom. The molecule has 4 aromatic rings. The zero-order valence-electron chi connectivity index (χ0n) is 16.9. The lowest BCUT2D eigenvalue weighted by Crippen LogP contribution is -2.30. The van der Waals surface area contributed by atoms with E-state index in [1.807, 2.05) is 11.9 Å². The second-order valence-electron chi connectivity index (χ2n) is 7.78. The molecule has 0 spiro atoms. The van der Waals surface area contributed by atoms with Gasteiger partial charge in [-0.05, 0) is 55.7 Å². The summed E-state index contributed by atoms with van der Waals surface area (Å²) in [6.45, 7) is 1.65. The van der Waals surface area contributed by atoms with E-state index in [0.717, 1.165) is 32.4 Å². The monoisotopic (exact) mass is 438 g/mol. The van der Waals surface area contributed by atoms with Gasteiger partial charge in [0.05, 0.1) is 11.2 Å². The van der Waals surface area contributed by atoms with Gasteiger partial charge in [0.15, 0.2) is 0 Å². The van der Waals surface area contributed by atoms with Gasteiger partial charge in [-0.25, -0.2) is 4.39 Å². The minimum absolute atomic E-state index is 0.0907.